The number of halogens is 1. The van der Waals surface area contributed by atoms with Crippen molar-refractivity contribution in [2.45, 2.75) is 30.7 Å². The Bertz CT molecular complexity index is 84.9. The standard InChI is InChI=1S/C7H13.BrH.Mg/c1-6-3-4-7(2)5-6;;/h5-7H,3-4H2,1-2H3;1H;/q;;+1/p-1. The highest BCUT2D eigenvalue weighted by atomic mass is 79.9. The average Bonchev–Trinajstić information content (AvgIpc) is 2.12. The van der Waals surface area contributed by atoms with E-state index >= 15 is 0 Å². The highest BCUT2D eigenvalue weighted by molar-refractivity contribution is 9.23. The number of rotatable bonds is 1. The molecule has 0 aliphatic heterocycles. The lowest BCUT2D eigenvalue weighted by atomic mass is 10.1. The molecule has 0 heterocycles. The third-order valence-corrected chi connectivity index (χ3v) is 6.93. The molecule has 0 amide bonds. The summed E-state index contributed by atoms with van der Waals surface area (Å²) in [5.41, 5.74) is 0. The third kappa shape index (κ3) is 1.84. The van der Waals surface area contributed by atoms with Crippen LogP contribution in [-0.4, -0.2) is 18.2 Å². The molecular formula is C7H13BrMg. The second-order valence-corrected chi connectivity index (χ2v) is 6.54. The van der Waals surface area contributed by atoms with Gasteiger partial charge >= 0.3 is 18.2 Å². The number of hydrogen-bond acceptors (Lipinski definition) is 0. The lowest BCUT2D eigenvalue weighted by molar-refractivity contribution is 0.554. The summed E-state index contributed by atoms with van der Waals surface area (Å²) in [4.78, 5) is 0. The van der Waals surface area contributed by atoms with E-state index in [2.05, 4.69) is 26.7 Å². The Morgan fingerprint density at radius 1 is 1.22 bits per heavy atom. The second kappa shape index (κ2) is 3.58. The van der Waals surface area contributed by atoms with Crippen molar-refractivity contribution in [2.75, 3.05) is 0 Å². The van der Waals surface area contributed by atoms with Gasteiger partial charge in [-0.15, -0.1) is 4.05 Å². The Labute approximate surface area is 73.4 Å². The highest BCUT2D eigenvalue weighted by Crippen LogP contribution is 2.41. The Morgan fingerprint density at radius 3 is 1.89 bits per heavy atom. The summed E-state index contributed by atoms with van der Waals surface area (Å²) < 4.78 is 1.09. The van der Waals surface area contributed by atoms with E-state index in [0.29, 0.717) is 0 Å². The Balaban J connectivity index is 2.44. The van der Waals surface area contributed by atoms with Crippen LogP contribution in [0.15, 0.2) is 0 Å². The molecule has 0 aromatic carbocycles. The molecule has 1 fully saturated rings. The second-order valence-electron chi connectivity index (χ2n) is 3.35. The smallest absolute Gasteiger partial charge is 0.306 e. The molecule has 50 valence electrons. The van der Waals surface area contributed by atoms with Crippen LogP contribution in [0.3, 0.4) is 0 Å². The predicted octanol–water partition coefficient (Wildman–Crippen LogP) is 2.86. The zero-order valence-corrected chi connectivity index (χ0v) is 9.23. The maximum atomic E-state index is 3.70. The van der Waals surface area contributed by atoms with Gasteiger partial charge in [0, 0.05) is 0 Å². The first kappa shape index (κ1) is 8.34. The van der Waals surface area contributed by atoms with Crippen molar-refractivity contribution in [3.8, 4) is 0 Å². The summed E-state index contributed by atoms with van der Waals surface area (Å²) in [5.74, 6) is 2.04. The van der Waals surface area contributed by atoms with E-state index in [0.717, 1.165) is 15.9 Å². The van der Waals surface area contributed by atoms with Crippen LogP contribution < -0.4 is 0 Å². The third-order valence-electron chi connectivity index (χ3n) is 2.72. The van der Waals surface area contributed by atoms with Crippen molar-refractivity contribution >= 4 is 31.1 Å². The fourth-order valence-corrected chi connectivity index (χ4v) is 6.73. The van der Waals surface area contributed by atoms with Gasteiger partial charge in [-0.25, -0.2) is 0 Å². The van der Waals surface area contributed by atoms with E-state index < -0.39 is 0 Å². The largest absolute Gasteiger partial charge is 0.472 e. The molecule has 9 heavy (non-hydrogen) atoms. The van der Waals surface area contributed by atoms with Crippen LogP contribution in [0.4, 0.5) is 0 Å². The quantitative estimate of drug-likeness (QED) is 0.572. The summed E-state index contributed by atoms with van der Waals surface area (Å²) in [6.07, 6.45) is 2.95. The maximum Gasteiger partial charge on any atom is 0.472 e. The van der Waals surface area contributed by atoms with Crippen molar-refractivity contribution in [1.82, 2.24) is 0 Å². The normalized spacial score (nSPS) is 42.8. The van der Waals surface area contributed by atoms with E-state index in [9.17, 15) is 0 Å². The van der Waals surface area contributed by atoms with Crippen molar-refractivity contribution in [3.63, 3.8) is 0 Å². The SMILES string of the molecule is CC1CCC(C)[CH]1[Mg][Br]. The summed E-state index contributed by atoms with van der Waals surface area (Å²) in [5, 5.41) is 0. The zero-order valence-electron chi connectivity index (χ0n) is 6.23. The first-order chi connectivity index (χ1) is 4.25. The van der Waals surface area contributed by atoms with Crippen LogP contribution in [0.5, 0.6) is 0 Å². The highest BCUT2D eigenvalue weighted by Gasteiger charge is 2.29. The summed E-state index contributed by atoms with van der Waals surface area (Å²) in [6.45, 7) is 4.81. The minimum absolute atomic E-state index is 0.108. The van der Waals surface area contributed by atoms with E-state index in [-0.39, 0.29) is 18.2 Å². The monoisotopic (exact) mass is 200 g/mol. The topological polar surface area (TPSA) is 0 Å². The van der Waals surface area contributed by atoms with Gasteiger partial charge in [-0.2, -0.15) is 0 Å². The zero-order chi connectivity index (χ0) is 6.85. The Kier molecular flexibility index (Phi) is 3.32. The molecule has 1 rings (SSSR count). The van der Waals surface area contributed by atoms with Crippen molar-refractivity contribution in [2.24, 2.45) is 11.8 Å². The maximum absolute atomic E-state index is 3.70. The van der Waals surface area contributed by atoms with Crippen LogP contribution in [0, 0.1) is 11.8 Å². The van der Waals surface area contributed by atoms with Gasteiger partial charge < -0.3 is 12.9 Å². The van der Waals surface area contributed by atoms with Gasteiger partial charge in [-0.05, 0) is 0 Å². The van der Waals surface area contributed by atoms with Gasteiger partial charge in [0.2, 0.25) is 0 Å². The summed E-state index contributed by atoms with van der Waals surface area (Å²) >= 11 is 3.80. The molecule has 2 heteroatoms. The minimum atomic E-state index is 0.108. The molecule has 2 unspecified atom stereocenters. The predicted molar refractivity (Wildman–Crippen MR) is 46.0 cm³/mol. The van der Waals surface area contributed by atoms with E-state index in [1.165, 1.54) is 12.8 Å². The van der Waals surface area contributed by atoms with Gasteiger partial charge in [0.1, 0.15) is 0 Å². The molecule has 0 N–H and O–H groups in total. The van der Waals surface area contributed by atoms with Crippen molar-refractivity contribution in [3.05, 3.63) is 0 Å². The van der Waals surface area contributed by atoms with Crippen LogP contribution in [0.25, 0.3) is 0 Å². The van der Waals surface area contributed by atoms with Crippen LogP contribution >= 0.6 is 12.9 Å². The first-order valence-corrected chi connectivity index (χ1v) is 8.53. The van der Waals surface area contributed by atoms with Crippen LogP contribution in [0.2, 0.25) is 4.05 Å². The summed E-state index contributed by atoms with van der Waals surface area (Å²) in [6, 6.07) is 0. The molecular weight excluding hydrogens is 188 g/mol. The Morgan fingerprint density at radius 2 is 1.67 bits per heavy atom. The Hall–Kier alpha value is 1.25. The van der Waals surface area contributed by atoms with Crippen molar-refractivity contribution in [1.29, 1.82) is 0 Å². The van der Waals surface area contributed by atoms with E-state index in [1.54, 1.807) is 0 Å². The molecule has 0 saturated heterocycles. The minimum Gasteiger partial charge on any atom is -0.306 e. The first-order valence-electron chi connectivity index (χ1n) is 3.81. The molecule has 0 aromatic rings. The number of hydrogen-bond donors (Lipinski definition) is 0. The average molecular weight is 201 g/mol. The van der Waals surface area contributed by atoms with E-state index in [1.807, 2.05) is 0 Å². The van der Waals surface area contributed by atoms with Crippen LogP contribution in [0.1, 0.15) is 26.7 Å². The molecule has 0 bridgehead atoms. The van der Waals surface area contributed by atoms with Crippen molar-refractivity contribution < 1.29 is 0 Å². The molecule has 0 radical (unpaired) electrons. The van der Waals surface area contributed by atoms with E-state index in [4.69, 9.17) is 0 Å². The van der Waals surface area contributed by atoms with Gasteiger partial charge in [0.15, 0.2) is 0 Å². The molecule has 1 aliphatic carbocycles. The van der Waals surface area contributed by atoms with Gasteiger partial charge in [-0.1, -0.05) is 38.5 Å². The molecule has 1 saturated carbocycles. The fraction of sp³-hybridized carbons (Fsp3) is 1.00. The molecule has 1 aliphatic rings. The fourth-order valence-electron chi connectivity index (χ4n) is 1.82. The molecule has 0 aromatic heterocycles. The summed E-state index contributed by atoms with van der Waals surface area (Å²) in [7, 11) is 0. The van der Waals surface area contributed by atoms with Gasteiger partial charge in [0.05, 0.1) is 0 Å². The molecule has 0 spiro atoms. The van der Waals surface area contributed by atoms with Gasteiger partial charge in [-0.3, -0.25) is 0 Å². The molecule has 0 nitrogen and oxygen atoms in total. The van der Waals surface area contributed by atoms with Gasteiger partial charge in [0.25, 0.3) is 0 Å². The molecule has 2 atom stereocenters. The van der Waals surface area contributed by atoms with Crippen LogP contribution in [-0.2, 0) is 0 Å². The lowest BCUT2D eigenvalue weighted by Crippen LogP contribution is -2.07. The lowest BCUT2D eigenvalue weighted by Gasteiger charge is -2.15.